The molecular weight excluding hydrogens is 351 g/mol. The fraction of sp³-hybridized carbons (Fsp3) is 0.125. The Bertz CT molecular complexity index is 739. The van der Waals surface area contributed by atoms with Gasteiger partial charge in [0.15, 0.2) is 0 Å². The number of hydrazine groups is 1. The number of nitrogens with two attached hydrogens (primary N) is 1. The highest BCUT2D eigenvalue weighted by Gasteiger charge is 2.14. The van der Waals surface area contributed by atoms with Gasteiger partial charge in [0.25, 0.3) is 0 Å². The molecule has 0 spiro atoms. The third-order valence-corrected chi connectivity index (χ3v) is 5.25. The zero-order chi connectivity index (χ0) is 14.8. The van der Waals surface area contributed by atoms with Gasteiger partial charge in [0, 0.05) is 9.58 Å². The first-order chi connectivity index (χ1) is 10.2. The molecule has 3 N–H and O–H groups in total. The molecule has 0 saturated carbocycles. The first-order valence-electron chi connectivity index (χ1n) is 6.56. The smallest absolute Gasteiger partial charge is 0.137 e. The molecule has 108 valence electrons. The van der Waals surface area contributed by atoms with Crippen LogP contribution in [0.25, 0.3) is 10.1 Å². The number of hydrogen-bond acceptors (Lipinski definition) is 3. The topological polar surface area (TPSA) is 38.0 Å². The maximum atomic E-state index is 13.3. The van der Waals surface area contributed by atoms with Crippen molar-refractivity contribution >= 4 is 37.4 Å². The minimum atomic E-state index is -0.252. The highest BCUT2D eigenvalue weighted by molar-refractivity contribution is 9.10. The molecule has 5 heteroatoms. The maximum Gasteiger partial charge on any atom is 0.137 e. The van der Waals surface area contributed by atoms with Crippen molar-refractivity contribution in [3.63, 3.8) is 0 Å². The number of fused-ring (bicyclic) bond motifs is 1. The van der Waals surface area contributed by atoms with Gasteiger partial charge in [-0.3, -0.25) is 11.3 Å². The molecule has 1 heterocycles. The van der Waals surface area contributed by atoms with Gasteiger partial charge in [0.2, 0.25) is 0 Å². The lowest BCUT2D eigenvalue weighted by molar-refractivity contribution is 0.559. The van der Waals surface area contributed by atoms with Crippen LogP contribution < -0.4 is 11.3 Å². The summed E-state index contributed by atoms with van der Waals surface area (Å²) in [6.07, 6.45) is 0.711. The Labute approximate surface area is 134 Å². The molecular formula is C16H14BrFN2S. The molecule has 0 fully saturated rings. The molecule has 21 heavy (non-hydrogen) atoms. The Hall–Kier alpha value is -1.27. The maximum absolute atomic E-state index is 13.3. The van der Waals surface area contributed by atoms with Crippen molar-refractivity contribution in [2.45, 2.75) is 12.5 Å². The number of benzene rings is 2. The van der Waals surface area contributed by atoms with Crippen molar-refractivity contribution in [1.29, 1.82) is 0 Å². The van der Waals surface area contributed by atoms with E-state index in [1.165, 1.54) is 21.0 Å². The van der Waals surface area contributed by atoms with E-state index in [1.807, 2.05) is 12.1 Å². The van der Waals surface area contributed by atoms with Crippen LogP contribution in [0.2, 0.25) is 0 Å². The Kier molecular flexibility index (Phi) is 4.35. The number of rotatable bonds is 4. The molecule has 0 amide bonds. The fourth-order valence-electron chi connectivity index (χ4n) is 2.32. The van der Waals surface area contributed by atoms with Crippen molar-refractivity contribution in [2.75, 3.05) is 0 Å². The largest absolute Gasteiger partial charge is 0.271 e. The van der Waals surface area contributed by atoms with E-state index >= 15 is 0 Å². The molecule has 1 atom stereocenters. The Balaban J connectivity index is 1.88. The van der Waals surface area contributed by atoms with Gasteiger partial charge in [-0.1, -0.05) is 24.3 Å². The van der Waals surface area contributed by atoms with Crippen LogP contribution in [0.3, 0.4) is 0 Å². The molecule has 1 unspecified atom stereocenters. The Morgan fingerprint density at radius 3 is 2.71 bits per heavy atom. The summed E-state index contributed by atoms with van der Waals surface area (Å²) < 4.78 is 15.0. The molecule has 0 aliphatic heterocycles. The molecule has 0 aliphatic carbocycles. The average molecular weight is 365 g/mol. The van der Waals surface area contributed by atoms with Gasteiger partial charge in [0.05, 0.1) is 10.5 Å². The third-order valence-electron chi connectivity index (χ3n) is 3.41. The van der Waals surface area contributed by atoms with Crippen LogP contribution in [0.15, 0.2) is 53.0 Å². The summed E-state index contributed by atoms with van der Waals surface area (Å²) >= 11 is 4.95. The van der Waals surface area contributed by atoms with Gasteiger partial charge in [-0.15, -0.1) is 11.3 Å². The van der Waals surface area contributed by atoms with Crippen LogP contribution in [0.5, 0.6) is 0 Å². The van der Waals surface area contributed by atoms with Crippen molar-refractivity contribution in [3.05, 3.63) is 69.3 Å². The van der Waals surface area contributed by atoms with E-state index in [2.05, 4.69) is 39.6 Å². The molecule has 3 rings (SSSR count). The first-order valence-corrected chi connectivity index (χ1v) is 8.17. The van der Waals surface area contributed by atoms with Crippen molar-refractivity contribution < 1.29 is 4.39 Å². The normalized spacial score (nSPS) is 12.7. The molecule has 0 radical (unpaired) electrons. The van der Waals surface area contributed by atoms with E-state index in [-0.39, 0.29) is 11.9 Å². The van der Waals surface area contributed by atoms with E-state index in [9.17, 15) is 4.39 Å². The fourth-order valence-corrected chi connectivity index (χ4v) is 3.87. The van der Waals surface area contributed by atoms with E-state index < -0.39 is 0 Å². The zero-order valence-electron chi connectivity index (χ0n) is 11.1. The summed E-state index contributed by atoms with van der Waals surface area (Å²) in [5, 5.41) is 1.22. The highest BCUT2D eigenvalue weighted by Crippen LogP contribution is 2.31. The lowest BCUT2D eigenvalue weighted by Crippen LogP contribution is -2.28. The van der Waals surface area contributed by atoms with Crippen LogP contribution in [0, 0.1) is 5.82 Å². The summed E-state index contributed by atoms with van der Waals surface area (Å²) in [6.45, 7) is 0. The standard InChI is InChI=1S/C16H14BrFN2S/c17-12-7-10(5-6-13(12)18)8-14(20-19)16-9-11-3-1-2-4-15(11)21-16/h1-7,9,14,20H,8,19H2. The quantitative estimate of drug-likeness (QED) is 0.526. The Morgan fingerprint density at radius 2 is 2.00 bits per heavy atom. The number of hydrogen-bond donors (Lipinski definition) is 2. The van der Waals surface area contributed by atoms with E-state index in [4.69, 9.17) is 5.84 Å². The SMILES string of the molecule is NNC(Cc1ccc(F)c(Br)c1)c1cc2ccccc2s1. The monoisotopic (exact) mass is 364 g/mol. The molecule has 2 nitrogen and oxygen atoms in total. The summed E-state index contributed by atoms with van der Waals surface area (Å²) in [5.41, 5.74) is 3.89. The van der Waals surface area contributed by atoms with Crippen LogP contribution in [-0.2, 0) is 6.42 Å². The Morgan fingerprint density at radius 1 is 1.19 bits per heavy atom. The van der Waals surface area contributed by atoms with Gasteiger partial charge in [-0.2, -0.15) is 0 Å². The number of thiophene rings is 1. The predicted molar refractivity (Wildman–Crippen MR) is 89.7 cm³/mol. The van der Waals surface area contributed by atoms with Crippen molar-refractivity contribution in [2.24, 2.45) is 5.84 Å². The van der Waals surface area contributed by atoms with Crippen molar-refractivity contribution in [3.8, 4) is 0 Å². The summed E-state index contributed by atoms with van der Waals surface area (Å²) in [4.78, 5) is 1.18. The predicted octanol–water partition coefficient (Wildman–Crippen LogP) is 4.55. The first kappa shape index (κ1) is 14.7. The lowest BCUT2D eigenvalue weighted by atomic mass is 10.0. The van der Waals surface area contributed by atoms with E-state index in [0.717, 1.165) is 5.56 Å². The lowest BCUT2D eigenvalue weighted by Gasteiger charge is -2.14. The second-order valence-electron chi connectivity index (χ2n) is 4.86. The van der Waals surface area contributed by atoms with Crippen LogP contribution in [0.4, 0.5) is 4.39 Å². The zero-order valence-corrected chi connectivity index (χ0v) is 13.5. The molecule has 3 aromatic rings. The molecule has 1 aromatic heterocycles. The van der Waals surface area contributed by atoms with Crippen molar-refractivity contribution in [1.82, 2.24) is 5.43 Å². The van der Waals surface area contributed by atoms with Crippen LogP contribution >= 0.6 is 27.3 Å². The molecule has 2 aromatic carbocycles. The molecule has 0 saturated heterocycles. The summed E-state index contributed by atoms with van der Waals surface area (Å²) in [7, 11) is 0. The minimum Gasteiger partial charge on any atom is -0.271 e. The van der Waals surface area contributed by atoms with Gasteiger partial charge in [-0.05, 0) is 57.6 Å². The van der Waals surface area contributed by atoms with E-state index in [1.54, 1.807) is 23.5 Å². The molecule has 0 aliphatic rings. The summed E-state index contributed by atoms with van der Waals surface area (Å²) in [5.74, 6) is 5.46. The van der Waals surface area contributed by atoms with Gasteiger partial charge >= 0.3 is 0 Å². The summed E-state index contributed by atoms with van der Waals surface area (Å²) in [6, 6.07) is 15.5. The highest BCUT2D eigenvalue weighted by atomic mass is 79.9. The van der Waals surface area contributed by atoms with Gasteiger partial charge in [0.1, 0.15) is 5.82 Å². The third kappa shape index (κ3) is 3.16. The molecule has 0 bridgehead atoms. The van der Waals surface area contributed by atoms with Gasteiger partial charge in [-0.25, -0.2) is 4.39 Å². The van der Waals surface area contributed by atoms with Crippen LogP contribution in [0.1, 0.15) is 16.5 Å². The number of halogens is 2. The average Bonchev–Trinajstić information content (AvgIpc) is 2.92. The second kappa shape index (κ2) is 6.23. The second-order valence-corrected chi connectivity index (χ2v) is 6.83. The number of nitrogens with one attached hydrogen (secondary N) is 1. The van der Waals surface area contributed by atoms with Gasteiger partial charge < -0.3 is 0 Å². The van der Waals surface area contributed by atoms with E-state index in [0.29, 0.717) is 10.9 Å². The van der Waals surface area contributed by atoms with Crippen LogP contribution in [-0.4, -0.2) is 0 Å². The minimum absolute atomic E-state index is 0.0137.